The van der Waals surface area contributed by atoms with E-state index in [9.17, 15) is 4.79 Å². The second-order valence-corrected chi connectivity index (χ2v) is 3.38. The van der Waals surface area contributed by atoms with Gasteiger partial charge in [0.15, 0.2) is 0 Å². The Morgan fingerprint density at radius 1 is 1.50 bits per heavy atom. The van der Waals surface area contributed by atoms with E-state index in [2.05, 4.69) is 0 Å². The Morgan fingerprint density at radius 2 is 2.29 bits per heavy atom. The van der Waals surface area contributed by atoms with Gasteiger partial charge in [0.05, 0.1) is 5.57 Å². The molecule has 1 heterocycles. The average molecular weight is 211 g/mol. The van der Waals surface area contributed by atoms with E-state index in [1.807, 2.05) is 0 Å². The van der Waals surface area contributed by atoms with Crippen molar-refractivity contribution in [1.82, 2.24) is 0 Å². The molecule has 0 aliphatic carbocycles. The standard InChI is InChI=1S/C10H7ClO3/c11-8-2-1-6-3-7(10(12)13)5-14-9(6)4-8/h1-4H,5H2,(H,12,13). The number of hydrogen-bond acceptors (Lipinski definition) is 2. The second-order valence-electron chi connectivity index (χ2n) is 2.95. The fourth-order valence-electron chi connectivity index (χ4n) is 1.26. The largest absolute Gasteiger partial charge is 0.488 e. The van der Waals surface area contributed by atoms with Crippen LogP contribution in [-0.2, 0) is 4.79 Å². The number of carbonyl (C=O) groups is 1. The van der Waals surface area contributed by atoms with Crippen LogP contribution in [-0.4, -0.2) is 17.7 Å². The van der Waals surface area contributed by atoms with Crippen LogP contribution in [0.2, 0.25) is 5.02 Å². The third-order valence-electron chi connectivity index (χ3n) is 1.96. The van der Waals surface area contributed by atoms with Gasteiger partial charge in [0.2, 0.25) is 0 Å². The quantitative estimate of drug-likeness (QED) is 0.773. The van der Waals surface area contributed by atoms with Gasteiger partial charge in [-0.25, -0.2) is 4.79 Å². The first-order valence-electron chi connectivity index (χ1n) is 4.03. The molecule has 2 rings (SSSR count). The van der Waals surface area contributed by atoms with Crippen LogP contribution in [0.15, 0.2) is 23.8 Å². The summed E-state index contributed by atoms with van der Waals surface area (Å²) in [4.78, 5) is 10.7. The number of carboxylic acid groups (broad SMARTS) is 1. The van der Waals surface area contributed by atoms with Gasteiger partial charge in [-0.2, -0.15) is 0 Å². The topological polar surface area (TPSA) is 46.5 Å². The maximum atomic E-state index is 10.7. The Kier molecular flexibility index (Phi) is 2.17. The van der Waals surface area contributed by atoms with E-state index < -0.39 is 5.97 Å². The van der Waals surface area contributed by atoms with Gasteiger partial charge in [-0.1, -0.05) is 11.6 Å². The molecule has 1 aliphatic rings. The fraction of sp³-hybridized carbons (Fsp3) is 0.100. The minimum absolute atomic E-state index is 0.0860. The van der Waals surface area contributed by atoms with Gasteiger partial charge in [0.25, 0.3) is 0 Å². The lowest BCUT2D eigenvalue weighted by Gasteiger charge is -2.15. The molecule has 14 heavy (non-hydrogen) atoms. The van der Waals surface area contributed by atoms with Crippen LogP contribution in [0.25, 0.3) is 6.08 Å². The van der Waals surface area contributed by atoms with Gasteiger partial charge in [0, 0.05) is 10.6 Å². The van der Waals surface area contributed by atoms with E-state index in [1.54, 1.807) is 24.3 Å². The summed E-state index contributed by atoms with van der Waals surface area (Å²) in [6, 6.07) is 5.11. The van der Waals surface area contributed by atoms with Crippen LogP contribution in [0.1, 0.15) is 5.56 Å². The normalized spacial score (nSPS) is 13.9. The number of hydrogen-bond donors (Lipinski definition) is 1. The molecular weight excluding hydrogens is 204 g/mol. The highest BCUT2D eigenvalue weighted by Crippen LogP contribution is 2.29. The van der Waals surface area contributed by atoms with Crippen molar-refractivity contribution in [2.24, 2.45) is 0 Å². The van der Waals surface area contributed by atoms with Gasteiger partial charge in [-0.05, 0) is 24.3 Å². The van der Waals surface area contributed by atoms with Crippen molar-refractivity contribution >= 4 is 23.6 Å². The SMILES string of the molecule is O=C(O)C1=Cc2ccc(Cl)cc2OC1. The van der Waals surface area contributed by atoms with E-state index in [0.717, 1.165) is 5.56 Å². The Hall–Kier alpha value is -1.48. The summed E-state index contributed by atoms with van der Waals surface area (Å²) in [5, 5.41) is 9.32. The molecule has 0 atom stereocenters. The Labute approximate surface area is 85.6 Å². The molecular formula is C10H7ClO3. The van der Waals surface area contributed by atoms with E-state index in [1.165, 1.54) is 0 Å². The van der Waals surface area contributed by atoms with Gasteiger partial charge in [-0.3, -0.25) is 0 Å². The predicted octanol–water partition coefficient (Wildman–Crippen LogP) is 2.20. The molecule has 72 valence electrons. The number of aliphatic carboxylic acids is 1. The number of ether oxygens (including phenoxy) is 1. The van der Waals surface area contributed by atoms with Gasteiger partial charge in [-0.15, -0.1) is 0 Å². The lowest BCUT2D eigenvalue weighted by molar-refractivity contribution is -0.132. The highest BCUT2D eigenvalue weighted by Gasteiger charge is 2.16. The number of benzene rings is 1. The maximum Gasteiger partial charge on any atom is 0.335 e. The van der Waals surface area contributed by atoms with Gasteiger partial charge >= 0.3 is 5.97 Å². The Bertz CT molecular complexity index is 423. The van der Waals surface area contributed by atoms with E-state index in [-0.39, 0.29) is 12.2 Å². The summed E-state index contributed by atoms with van der Waals surface area (Å²) in [6.07, 6.45) is 1.59. The number of halogens is 1. The molecule has 0 amide bonds. The lowest BCUT2D eigenvalue weighted by Crippen LogP contribution is -2.13. The summed E-state index contributed by atoms with van der Waals surface area (Å²) in [5.41, 5.74) is 0.998. The maximum absolute atomic E-state index is 10.7. The molecule has 0 bridgehead atoms. The molecule has 3 nitrogen and oxygen atoms in total. The van der Waals surface area contributed by atoms with Crippen molar-refractivity contribution < 1.29 is 14.6 Å². The molecule has 1 aliphatic heterocycles. The molecule has 0 fully saturated rings. The van der Waals surface area contributed by atoms with Crippen molar-refractivity contribution in [1.29, 1.82) is 0 Å². The fourth-order valence-corrected chi connectivity index (χ4v) is 1.42. The van der Waals surface area contributed by atoms with Crippen LogP contribution >= 0.6 is 11.6 Å². The zero-order valence-corrected chi connectivity index (χ0v) is 7.91. The lowest BCUT2D eigenvalue weighted by atomic mass is 10.1. The molecule has 1 N–H and O–H groups in total. The third-order valence-corrected chi connectivity index (χ3v) is 2.20. The zero-order valence-electron chi connectivity index (χ0n) is 7.16. The van der Waals surface area contributed by atoms with Crippen molar-refractivity contribution in [3.63, 3.8) is 0 Å². The average Bonchev–Trinajstić information content (AvgIpc) is 2.16. The van der Waals surface area contributed by atoms with E-state index >= 15 is 0 Å². The second kappa shape index (κ2) is 3.35. The third kappa shape index (κ3) is 1.59. The Balaban J connectivity index is 2.45. The van der Waals surface area contributed by atoms with Crippen LogP contribution in [0.3, 0.4) is 0 Å². The van der Waals surface area contributed by atoms with Crippen molar-refractivity contribution in [2.45, 2.75) is 0 Å². The van der Waals surface area contributed by atoms with Crippen molar-refractivity contribution in [3.05, 3.63) is 34.4 Å². The molecule has 0 radical (unpaired) electrons. The Morgan fingerprint density at radius 3 is 3.00 bits per heavy atom. The van der Waals surface area contributed by atoms with E-state index in [4.69, 9.17) is 21.4 Å². The van der Waals surface area contributed by atoms with Crippen LogP contribution < -0.4 is 4.74 Å². The van der Waals surface area contributed by atoms with Crippen LogP contribution in [0.5, 0.6) is 5.75 Å². The van der Waals surface area contributed by atoms with Crippen molar-refractivity contribution in [2.75, 3.05) is 6.61 Å². The molecule has 0 saturated carbocycles. The molecule has 0 spiro atoms. The molecule has 0 aromatic heterocycles. The minimum Gasteiger partial charge on any atom is -0.488 e. The zero-order chi connectivity index (χ0) is 10.1. The predicted molar refractivity (Wildman–Crippen MR) is 52.6 cm³/mol. The number of rotatable bonds is 1. The van der Waals surface area contributed by atoms with Crippen LogP contribution in [0, 0.1) is 0 Å². The molecule has 1 aromatic rings. The first-order chi connectivity index (χ1) is 6.66. The van der Waals surface area contributed by atoms with E-state index in [0.29, 0.717) is 10.8 Å². The molecule has 0 unspecified atom stereocenters. The summed E-state index contributed by atoms with van der Waals surface area (Å²) < 4.78 is 5.24. The van der Waals surface area contributed by atoms with Gasteiger partial charge in [0.1, 0.15) is 12.4 Å². The minimum atomic E-state index is -0.953. The van der Waals surface area contributed by atoms with Crippen LogP contribution in [0.4, 0.5) is 0 Å². The summed E-state index contributed by atoms with van der Waals surface area (Å²) in [7, 11) is 0. The van der Waals surface area contributed by atoms with Crippen molar-refractivity contribution in [3.8, 4) is 5.75 Å². The highest BCUT2D eigenvalue weighted by atomic mass is 35.5. The smallest absolute Gasteiger partial charge is 0.335 e. The number of fused-ring (bicyclic) bond motifs is 1. The summed E-state index contributed by atoms with van der Waals surface area (Å²) in [6.45, 7) is 0.0860. The first kappa shape index (κ1) is 9.09. The molecule has 4 heteroatoms. The first-order valence-corrected chi connectivity index (χ1v) is 4.41. The summed E-state index contributed by atoms with van der Waals surface area (Å²) >= 11 is 5.76. The molecule has 1 aromatic carbocycles. The highest BCUT2D eigenvalue weighted by molar-refractivity contribution is 6.30. The number of carboxylic acids is 1. The molecule has 0 saturated heterocycles. The monoisotopic (exact) mass is 210 g/mol. The van der Waals surface area contributed by atoms with Gasteiger partial charge < -0.3 is 9.84 Å². The summed E-state index contributed by atoms with van der Waals surface area (Å²) in [5.74, 6) is -0.326.